The van der Waals surface area contributed by atoms with Crippen molar-refractivity contribution in [2.45, 2.75) is 20.0 Å². The molecule has 0 radical (unpaired) electrons. The summed E-state index contributed by atoms with van der Waals surface area (Å²) in [5, 5.41) is 6.53. The topological polar surface area (TPSA) is 66.9 Å². The Morgan fingerprint density at radius 2 is 1.81 bits per heavy atom. The molecule has 1 heterocycles. The number of hydrogen-bond acceptors (Lipinski definition) is 4. The van der Waals surface area contributed by atoms with Crippen molar-refractivity contribution in [2.24, 2.45) is 0 Å². The van der Waals surface area contributed by atoms with Crippen LogP contribution in [0.2, 0.25) is 5.02 Å². The van der Waals surface area contributed by atoms with Gasteiger partial charge in [0.05, 0.1) is 0 Å². The molecule has 0 fully saturated rings. The molecule has 0 aliphatic carbocycles. The average molecular weight is 385 g/mol. The minimum absolute atomic E-state index is 0.260. The smallest absolute Gasteiger partial charge is 0.270 e. The van der Waals surface area contributed by atoms with E-state index in [4.69, 9.17) is 11.6 Å². The lowest BCUT2D eigenvalue weighted by Gasteiger charge is -2.10. The van der Waals surface area contributed by atoms with Crippen LogP contribution in [0.5, 0.6) is 0 Å². The third-order valence-corrected chi connectivity index (χ3v) is 4.22. The first-order chi connectivity index (χ1) is 13.0. The summed E-state index contributed by atoms with van der Waals surface area (Å²) in [4.78, 5) is 20.9. The predicted octanol–water partition coefficient (Wildman–Crippen LogP) is 4.12. The molecule has 2 aromatic carbocycles. The maximum atomic E-state index is 13.0. The van der Waals surface area contributed by atoms with Crippen LogP contribution in [0.25, 0.3) is 0 Å². The fourth-order valence-corrected chi connectivity index (χ4v) is 2.68. The van der Waals surface area contributed by atoms with Crippen LogP contribution in [0.1, 0.15) is 27.4 Å². The maximum absolute atomic E-state index is 13.0. The van der Waals surface area contributed by atoms with Crippen LogP contribution in [0.3, 0.4) is 0 Å². The molecule has 0 unspecified atom stereocenters. The van der Waals surface area contributed by atoms with E-state index in [2.05, 4.69) is 20.6 Å². The Hall–Kier alpha value is -2.99. The van der Waals surface area contributed by atoms with Crippen LogP contribution in [0.15, 0.2) is 54.6 Å². The number of nitrogens with one attached hydrogen (secondary N) is 2. The number of benzene rings is 2. The Bertz CT molecular complexity index is 947. The molecular weight excluding hydrogens is 367 g/mol. The van der Waals surface area contributed by atoms with E-state index in [1.54, 1.807) is 31.2 Å². The van der Waals surface area contributed by atoms with E-state index < -0.39 is 0 Å². The van der Waals surface area contributed by atoms with Crippen molar-refractivity contribution in [1.82, 2.24) is 15.3 Å². The second-order valence-electron chi connectivity index (χ2n) is 5.94. The summed E-state index contributed by atoms with van der Waals surface area (Å²) in [5.74, 6) is 0.399. The van der Waals surface area contributed by atoms with Crippen molar-refractivity contribution in [2.75, 3.05) is 5.32 Å². The van der Waals surface area contributed by atoms with Crippen LogP contribution in [0.4, 0.5) is 10.2 Å². The molecule has 0 saturated heterocycles. The molecule has 3 rings (SSSR count). The van der Waals surface area contributed by atoms with Crippen LogP contribution >= 0.6 is 11.6 Å². The van der Waals surface area contributed by atoms with Crippen molar-refractivity contribution >= 4 is 23.3 Å². The van der Waals surface area contributed by atoms with Gasteiger partial charge in [-0.15, -0.1) is 0 Å². The van der Waals surface area contributed by atoms with E-state index in [-0.39, 0.29) is 17.4 Å². The van der Waals surface area contributed by atoms with Gasteiger partial charge < -0.3 is 10.6 Å². The number of carbonyl (C=O) groups excluding carboxylic acids is 1. The van der Waals surface area contributed by atoms with Gasteiger partial charge in [-0.1, -0.05) is 41.9 Å². The lowest BCUT2D eigenvalue weighted by Crippen LogP contribution is -2.24. The summed E-state index contributed by atoms with van der Waals surface area (Å²) in [6, 6.07) is 15.1. The number of amides is 1. The summed E-state index contributed by atoms with van der Waals surface area (Å²) in [7, 11) is 0. The Balaban J connectivity index is 1.66. The first kappa shape index (κ1) is 18.8. The van der Waals surface area contributed by atoms with Crippen molar-refractivity contribution in [3.8, 4) is 0 Å². The summed E-state index contributed by atoms with van der Waals surface area (Å²) in [5.41, 5.74) is 1.99. The van der Waals surface area contributed by atoms with Gasteiger partial charge in [-0.3, -0.25) is 4.79 Å². The maximum Gasteiger partial charge on any atom is 0.270 e. The molecule has 27 heavy (non-hydrogen) atoms. The van der Waals surface area contributed by atoms with Crippen LogP contribution in [0, 0.1) is 12.7 Å². The normalized spacial score (nSPS) is 10.5. The third kappa shape index (κ3) is 5.24. The van der Waals surface area contributed by atoms with Gasteiger partial charge in [0.15, 0.2) is 0 Å². The molecule has 0 saturated carbocycles. The molecule has 0 aliphatic heterocycles. The minimum Gasteiger partial charge on any atom is -0.366 e. The molecule has 1 aromatic heterocycles. The second kappa shape index (κ2) is 8.60. The third-order valence-electron chi connectivity index (χ3n) is 3.85. The van der Waals surface area contributed by atoms with E-state index in [0.29, 0.717) is 29.8 Å². The molecule has 7 heteroatoms. The Morgan fingerprint density at radius 3 is 2.56 bits per heavy atom. The Morgan fingerprint density at radius 1 is 1.07 bits per heavy atom. The van der Waals surface area contributed by atoms with Gasteiger partial charge in [-0.05, 0) is 36.2 Å². The van der Waals surface area contributed by atoms with Crippen molar-refractivity contribution in [3.63, 3.8) is 0 Å². The zero-order valence-corrected chi connectivity index (χ0v) is 15.4. The summed E-state index contributed by atoms with van der Waals surface area (Å²) < 4.78 is 13.0. The summed E-state index contributed by atoms with van der Waals surface area (Å²) >= 11 is 6.10. The van der Waals surface area contributed by atoms with Gasteiger partial charge in [0.2, 0.25) is 0 Å². The van der Waals surface area contributed by atoms with Gasteiger partial charge in [0.1, 0.15) is 23.2 Å². The number of hydrogen-bond donors (Lipinski definition) is 2. The standard InChI is InChI=1S/C20H18ClFN4O/c1-13-25-18(20(27)24-12-15-4-2-3-5-17(15)21)10-19(26-13)23-11-14-6-8-16(22)9-7-14/h2-10H,11-12H2,1H3,(H,24,27)(H,23,25,26). The zero-order valence-electron chi connectivity index (χ0n) is 14.7. The highest BCUT2D eigenvalue weighted by atomic mass is 35.5. The van der Waals surface area contributed by atoms with Crippen molar-refractivity contribution in [1.29, 1.82) is 0 Å². The summed E-state index contributed by atoms with van der Waals surface area (Å²) in [6.07, 6.45) is 0. The average Bonchev–Trinajstić information content (AvgIpc) is 2.66. The predicted molar refractivity (Wildman–Crippen MR) is 103 cm³/mol. The number of anilines is 1. The number of nitrogens with zero attached hydrogens (tertiary/aromatic N) is 2. The van der Waals surface area contributed by atoms with Gasteiger partial charge in [-0.25, -0.2) is 14.4 Å². The molecular formula is C20H18ClFN4O. The first-order valence-corrected chi connectivity index (χ1v) is 8.74. The largest absolute Gasteiger partial charge is 0.366 e. The fourth-order valence-electron chi connectivity index (χ4n) is 2.48. The van der Waals surface area contributed by atoms with E-state index in [1.165, 1.54) is 12.1 Å². The van der Waals surface area contributed by atoms with E-state index in [0.717, 1.165) is 11.1 Å². The number of carbonyl (C=O) groups is 1. The van der Waals surface area contributed by atoms with Crippen LogP contribution in [-0.2, 0) is 13.1 Å². The van der Waals surface area contributed by atoms with E-state index >= 15 is 0 Å². The molecule has 0 spiro atoms. The summed E-state index contributed by atoms with van der Waals surface area (Å²) in [6.45, 7) is 2.48. The Labute approximate surface area is 161 Å². The lowest BCUT2D eigenvalue weighted by molar-refractivity contribution is 0.0945. The molecule has 2 N–H and O–H groups in total. The number of halogens is 2. The molecule has 3 aromatic rings. The van der Waals surface area contributed by atoms with Crippen LogP contribution < -0.4 is 10.6 Å². The highest BCUT2D eigenvalue weighted by Gasteiger charge is 2.11. The van der Waals surface area contributed by atoms with Gasteiger partial charge >= 0.3 is 0 Å². The van der Waals surface area contributed by atoms with E-state index in [1.807, 2.05) is 18.2 Å². The molecule has 1 amide bonds. The molecule has 0 bridgehead atoms. The van der Waals surface area contributed by atoms with Crippen molar-refractivity contribution < 1.29 is 9.18 Å². The zero-order chi connectivity index (χ0) is 19.2. The second-order valence-corrected chi connectivity index (χ2v) is 6.35. The van der Waals surface area contributed by atoms with Crippen molar-refractivity contribution in [3.05, 3.63) is 88.1 Å². The molecule has 138 valence electrons. The quantitative estimate of drug-likeness (QED) is 0.671. The van der Waals surface area contributed by atoms with Gasteiger partial charge in [0, 0.05) is 24.2 Å². The fraction of sp³-hybridized carbons (Fsp3) is 0.150. The highest BCUT2D eigenvalue weighted by molar-refractivity contribution is 6.31. The first-order valence-electron chi connectivity index (χ1n) is 8.37. The minimum atomic E-state index is -0.315. The van der Waals surface area contributed by atoms with Gasteiger partial charge in [0.25, 0.3) is 5.91 Å². The van der Waals surface area contributed by atoms with E-state index in [9.17, 15) is 9.18 Å². The Kier molecular flexibility index (Phi) is 5.98. The highest BCUT2D eigenvalue weighted by Crippen LogP contribution is 2.15. The lowest BCUT2D eigenvalue weighted by atomic mass is 10.2. The molecule has 5 nitrogen and oxygen atoms in total. The van der Waals surface area contributed by atoms with Gasteiger partial charge in [-0.2, -0.15) is 0 Å². The monoisotopic (exact) mass is 384 g/mol. The number of rotatable bonds is 6. The SMILES string of the molecule is Cc1nc(NCc2ccc(F)cc2)cc(C(=O)NCc2ccccc2Cl)n1. The number of aromatic nitrogens is 2. The molecule has 0 atom stereocenters. The molecule has 0 aliphatic rings. The van der Waals surface area contributed by atoms with Crippen LogP contribution in [-0.4, -0.2) is 15.9 Å². The number of aryl methyl sites for hydroxylation is 1.